The number of hydrogen-bond donors (Lipinski definition) is 1. The van der Waals surface area contributed by atoms with Crippen LogP contribution >= 0.6 is 12.2 Å². The quantitative estimate of drug-likeness (QED) is 0.299. The number of hydrogen-bond acceptors (Lipinski definition) is 5. The average molecular weight is 405 g/mol. The van der Waals surface area contributed by atoms with Gasteiger partial charge in [-0.2, -0.15) is 0 Å². The lowest BCUT2D eigenvalue weighted by Crippen LogP contribution is -2.30. The lowest BCUT2D eigenvalue weighted by atomic mass is 10.1. The molecular weight excluding hydrogens is 390 g/mol. The summed E-state index contributed by atoms with van der Waals surface area (Å²) in [4.78, 5) is 24.6. The summed E-state index contributed by atoms with van der Waals surface area (Å²) in [5.41, 5.74) is 2.67. The molecule has 3 aromatic rings. The average Bonchev–Trinajstić information content (AvgIpc) is 3.27. The molecule has 0 spiro atoms. The van der Waals surface area contributed by atoms with E-state index < -0.39 is 4.92 Å². The topological polar surface area (TPSA) is 88.6 Å². The summed E-state index contributed by atoms with van der Waals surface area (Å²) in [5.74, 6) is 0.733. The van der Waals surface area contributed by atoms with Crippen LogP contribution in [0.2, 0.25) is 0 Å². The molecule has 0 atom stereocenters. The van der Waals surface area contributed by atoms with Crippen molar-refractivity contribution in [2.75, 3.05) is 4.90 Å². The van der Waals surface area contributed by atoms with Gasteiger partial charge in [-0.1, -0.05) is 18.2 Å². The van der Waals surface area contributed by atoms with Crippen molar-refractivity contribution in [1.82, 2.24) is 5.32 Å². The van der Waals surface area contributed by atoms with Gasteiger partial charge < -0.3 is 9.73 Å². The van der Waals surface area contributed by atoms with Crippen molar-refractivity contribution in [3.8, 4) is 11.3 Å². The highest BCUT2D eigenvalue weighted by atomic mass is 32.1. The molecule has 0 aliphatic carbocycles. The number of thiocarbonyl (C=S) groups is 1. The Bertz CT molecular complexity index is 1160. The molecule has 7 nitrogen and oxygen atoms in total. The summed E-state index contributed by atoms with van der Waals surface area (Å²) in [6, 6.07) is 17.0. The SMILES string of the molecule is Cc1ccccc1N1C(=O)/C(=C\c2ccc(-c3ccc([N+](=O)[O-])cc3)o2)NC1=S. The second-order valence-corrected chi connectivity index (χ2v) is 6.81. The molecule has 144 valence electrons. The third kappa shape index (κ3) is 3.53. The number of rotatable bonds is 4. The molecule has 2 heterocycles. The normalized spacial score (nSPS) is 15.1. The Morgan fingerprint density at radius 2 is 1.83 bits per heavy atom. The van der Waals surface area contributed by atoms with E-state index in [0.717, 1.165) is 11.3 Å². The largest absolute Gasteiger partial charge is 0.457 e. The fourth-order valence-electron chi connectivity index (χ4n) is 3.04. The van der Waals surface area contributed by atoms with E-state index in [1.807, 2.05) is 31.2 Å². The first kappa shape index (κ1) is 18.6. The van der Waals surface area contributed by atoms with Crippen LogP contribution in [0, 0.1) is 17.0 Å². The van der Waals surface area contributed by atoms with E-state index in [2.05, 4.69) is 5.32 Å². The van der Waals surface area contributed by atoms with Gasteiger partial charge in [-0.05, 0) is 55.0 Å². The summed E-state index contributed by atoms with van der Waals surface area (Å²) < 4.78 is 5.78. The van der Waals surface area contributed by atoms with Gasteiger partial charge in [0.2, 0.25) is 0 Å². The van der Waals surface area contributed by atoms with Crippen molar-refractivity contribution in [2.24, 2.45) is 0 Å². The van der Waals surface area contributed by atoms with Gasteiger partial charge in [-0.15, -0.1) is 0 Å². The maximum absolute atomic E-state index is 12.9. The van der Waals surface area contributed by atoms with E-state index in [4.69, 9.17) is 16.6 Å². The van der Waals surface area contributed by atoms with Crippen molar-refractivity contribution in [3.63, 3.8) is 0 Å². The second kappa shape index (κ2) is 7.33. The van der Waals surface area contributed by atoms with Crippen LogP contribution in [-0.4, -0.2) is 15.9 Å². The Hall–Kier alpha value is -3.78. The first-order valence-electron chi connectivity index (χ1n) is 8.71. The molecule has 1 N–H and O–H groups in total. The molecular formula is C21H15N3O4S. The van der Waals surface area contributed by atoms with E-state index in [9.17, 15) is 14.9 Å². The number of nitrogens with one attached hydrogen (secondary N) is 1. The Morgan fingerprint density at radius 3 is 2.52 bits per heavy atom. The number of aryl methyl sites for hydroxylation is 1. The number of amides is 1. The minimum absolute atomic E-state index is 0.00760. The number of furan rings is 1. The molecule has 1 saturated heterocycles. The standard InChI is InChI=1S/C21H15N3O4S/c1-13-4-2-3-5-18(13)23-20(25)17(22-21(23)29)12-16-10-11-19(28-16)14-6-8-15(9-7-14)24(26)27/h2-12H,1H3,(H,22,29)/b17-12+. The number of carbonyl (C=O) groups excluding carboxylic acids is 1. The number of nitrogens with zero attached hydrogens (tertiary/aromatic N) is 2. The van der Waals surface area contributed by atoms with Gasteiger partial charge in [0.1, 0.15) is 17.2 Å². The minimum atomic E-state index is -0.456. The van der Waals surface area contributed by atoms with Crippen LogP contribution in [0.3, 0.4) is 0 Å². The number of non-ortho nitro benzene ring substituents is 1. The van der Waals surface area contributed by atoms with E-state index in [-0.39, 0.29) is 11.6 Å². The first-order chi connectivity index (χ1) is 13.9. The summed E-state index contributed by atoms with van der Waals surface area (Å²) in [6.45, 7) is 1.91. The second-order valence-electron chi connectivity index (χ2n) is 6.42. The molecule has 0 bridgehead atoms. The van der Waals surface area contributed by atoms with Crippen LogP contribution in [0.4, 0.5) is 11.4 Å². The van der Waals surface area contributed by atoms with Gasteiger partial charge in [-0.3, -0.25) is 19.8 Å². The van der Waals surface area contributed by atoms with Gasteiger partial charge in [0.15, 0.2) is 5.11 Å². The fraction of sp³-hybridized carbons (Fsp3) is 0.0476. The van der Waals surface area contributed by atoms with Crippen LogP contribution in [-0.2, 0) is 4.79 Å². The van der Waals surface area contributed by atoms with Crippen molar-refractivity contribution in [2.45, 2.75) is 6.92 Å². The van der Waals surface area contributed by atoms with Gasteiger partial charge >= 0.3 is 0 Å². The number of nitro groups is 1. The Labute approximate surface area is 171 Å². The molecule has 0 radical (unpaired) electrons. The van der Waals surface area contributed by atoms with Gasteiger partial charge in [0.25, 0.3) is 11.6 Å². The highest BCUT2D eigenvalue weighted by Gasteiger charge is 2.32. The highest BCUT2D eigenvalue weighted by molar-refractivity contribution is 7.80. The van der Waals surface area contributed by atoms with Gasteiger partial charge in [-0.25, -0.2) is 0 Å². The van der Waals surface area contributed by atoms with E-state index in [1.165, 1.54) is 17.0 Å². The van der Waals surface area contributed by atoms with Crippen LogP contribution in [0.15, 0.2) is 70.8 Å². The predicted octanol–water partition coefficient (Wildman–Crippen LogP) is 4.43. The zero-order chi connectivity index (χ0) is 20.5. The molecule has 8 heteroatoms. The Morgan fingerprint density at radius 1 is 1.10 bits per heavy atom. The number of nitro benzene ring substituents is 1. The third-order valence-corrected chi connectivity index (χ3v) is 4.80. The van der Waals surface area contributed by atoms with Gasteiger partial charge in [0, 0.05) is 23.8 Å². The maximum Gasteiger partial charge on any atom is 0.281 e. The highest BCUT2D eigenvalue weighted by Crippen LogP contribution is 2.28. The molecule has 4 rings (SSSR count). The maximum atomic E-state index is 12.9. The summed E-state index contributed by atoms with van der Waals surface area (Å²) in [6.07, 6.45) is 1.59. The number of anilines is 1. The summed E-state index contributed by atoms with van der Waals surface area (Å²) in [7, 11) is 0. The molecule has 0 saturated carbocycles. The van der Waals surface area contributed by atoms with Crippen molar-refractivity contribution in [1.29, 1.82) is 0 Å². The predicted molar refractivity (Wildman–Crippen MR) is 113 cm³/mol. The molecule has 1 aliphatic rings. The van der Waals surface area contributed by atoms with E-state index in [1.54, 1.807) is 30.3 Å². The molecule has 0 unspecified atom stereocenters. The zero-order valence-electron chi connectivity index (χ0n) is 15.3. The fourth-order valence-corrected chi connectivity index (χ4v) is 3.33. The van der Waals surface area contributed by atoms with E-state index >= 15 is 0 Å². The van der Waals surface area contributed by atoms with Crippen molar-refractivity contribution < 1.29 is 14.1 Å². The lowest BCUT2D eigenvalue weighted by molar-refractivity contribution is -0.384. The number of para-hydroxylation sites is 1. The van der Waals surface area contributed by atoms with Crippen LogP contribution < -0.4 is 10.2 Å². The monoisotopic (exact) mass is 405 g/mol. The Balaban J connectivity index is 1.59. The van der Waals surface area contributed by atoms with Crippen molar-refractivity contribution >= 4 is 40.7 Å². The lowest BCUT2D eigenvalue weighted by Gasteiger charge is -2.16. The molecule has 2 aromatic carbocycles. The molecule has 1 amide bonds. The summed E-state index contributed by atoms with van der Waals surface area (Å²) in [5, 5.41) is 14.0. The summed E-state index contributed by atoms with van der Waals surface area (Å²) >= 11 is 5.33. The van der Waals surface area contributed by atoms with Crippen LogP contribution in [0.5, 0.6) is 0 Å². The van der Waals surface area contributed by atoms with Gasteiger partial charge in [0.05, 0.1) is 10.6 Å². The minimum Gasteiger partial charge on any atom is -0.457 e. The van der Waals surface area contributed by atoms with E-state index in [0.29, 0.717) is 27.9 Å². The molecule has 1 aromatic heterocycles. The molecule has 1 fully saturated rings. The molecule has 29 heavy (non-hydrogen) atoms. The number of benzene rings is 2. The van der Waals surface area contributed by atoms with Crippen LogP contribution in [0.25, 0.3) is 17.4 Å². The van der Waals surface area contributed by atoms with Crippen LogP contribution in [0.1, 0.15) is 11.3 Å². The smallest absolute Gasteiger partial charge is 0.281 e. The third-order valence-electron chi connectivity index (χ3n) is 4.51. The first-order valence-corrected chi connectivity index (χ1v) is 9.12. The Kier molecular flexibility index (Phi) is 4.69. The van der Waals surface area contributed by atoms with Crippen molar-refractivity contribution in [3.05, 3.63) is 87.8 Å². The molecule has 1 aliphatic heterocycles. The number of carbonyl (C=O) groups is 1. The zero-order valence-corrected chi connectivity index (χ0v) is 16.1.